The van der Waals surface area contributed by atoms with Crippen molar-refractivity contribution in [2.24, 2.45) is 11.8 Å². The van der Waals surface area contributed by atoms with Gasteiger partial charge < -0.3 is 14.9 Å². The molecule has 0 bridgehead atoms. The molecule has 3 unspecified atom stereocenters. The molecule has 0 aromatic heterocycles. The minimum Gasteiger partial charge on any atom is -0.481 e. The van der Waals surface area contributed by atoms with Crippen molar-refractivity contribution < 1.29 is 19.7 Å². The maximum Gasteiger partial charge on any atom is 0.309 e. The number of carboxylic acids is 1. The number of ether oxygens (including phenoxy) is 1. The van der Waals surface area contributed by atoms with Crippen LogP contribution in [0.4, 0.5) is 0 Å². The molecule has 0 aromatic rings. The van der Waals surface area contributed by atoms with Crippen molar-refractivity contribution in [1.29, 1.82) is 0 Å². The molecule has 100 valence electrons. The molecule has 1 saturated heterocycles. The SMILES string of the molecule is CCCC1CC(O)(C(C(=O)O)C(C)C)CCO1. The lowest BCUT2D eigenvalue weighted by Crippen LogP contribution is -2.51. The van der Waals surface area contributed by atoms with E-state index in [-0.39, 0.29) is 12.0 Å². The van der Waals surface area contributed by atoms with Gasteiger partial charge in [-0.05, 0) is 12.3 Å². The summed E-state index contributed by atoms with van der Waals surface area (Å²) in [5.41, 5.74) is -1.11. The van der Waals surface area contributed by atoms with E-state index < -0.39 is 17.5 Å². The second-order valence-electron chi connectivity index (χ2n) is 5.40. The smallest absolute Gasteiger partial charge is 0.309 e. The highest BCUT2D eigenvalue weighted by Crippen LogP contribution is 2.37. The molecule has 3 atom stereocenters. The van der Waals surface area contributed by atoms with Crippen molar-refractivity contribution in [3.63, 3.8) is 0 Å². The maximum atomic E-state index is 11.3. The maximum absolute atomic E-state index is 11.3. The number of carbonyl (C=O) groups is 1. The van der Waals surface area contributed by atoms with Gasteiger partial charge in [-0.2, -0.15) is 0 Å². The molecule has 1 aliphatic rings. The van der Waals surface area contributed by atoms with Crippen molar-refractivity contribution in [2.75, 3.05) is 6.61 Å². The van der Waals surface area contributed by atoms with Crippen LogP contribution in [0.3, 0.4) is 0 Å². The van der Waals surface area contributed by atoms with Crippen molar-refractivity contribution in [3.05, 3.63) is 0 Å². The zero-order chi connectivity index (χ0) is 13.1. The van der Waals surface area contributed by atoms with Crippen molar-refractivity contribution >= 4 is 5.97 Å². The van der Waals surface area contributed by atoms with E-state index in [0.29, 0.717) is 19.4 Å². The molecule has 1 heterocycles. The van der Waals surface area contributed by atoms with Crippen LogP contribution >= 0.6 is 0 Å². The molecule has 0 aliphatic carbocycles. The first-order chi connectivity index (χ1) is 7.90. The highest BCUT2D eigenvalue weighted by molar-refractivity contribution is 5.71. The van der Waals surface area contributed by atoms with Gasteiger partial charge in [-0.15, -0.1) is 0 Å². The van der Waals surface area contributed by atoms with Crippen LogP contribution in [0.25, 0.3) is 0 Å². The van der Waals surface area contributed by atoms with Gasteiger partial charge in [0.2, 0.25) is 0 Å². The normalized spacial score (nSPS) is 31.5. The van der Waals surface area contributed by atoms with Gasteiger partial charge in [-0.25, -0.2) is 0 Å². The highest BCUT2D eigenvalue weighted by atomic mass is 16.5. The summed E-state index contributed by atoms with van der Waals surface area (Å²) in [5, 5.41) is 19.9. The van der Waals surface area contributed by atoms with E-state index in [0.717, 1.165) is 12.8 Å². The zero-order valence-electron chi connectivity index (χ0n) is 11.0. The van der Waals surface area contributed by atoms with E-state index in [1.54, 1.807) is 0 Å². The van der Waals surface area contributed by atoms with Crippen LogP contribution in [0.1, 0.15) is 46.5 Å². The molecule has 1 fully saturated rings. The van der Waals surface area contributed by atoms with E-state index in [1.807, 2.05) is 13.8 Å². The first-order valence-electron chi connectivity index (χ1n) is 6.47. The van der Waals surface area contributed by atoms with E-state index in [9.17, 15) is 15.0 Å². The second kappa shape index (κ2) is 5.83. The molecule has 0 radical (unpaired) electrons. The molecular formula is C13H24O4. The summed E-state index contributed by atoms with van der Waals surface area (Å²) >= 11 is 0. The third-order valence-corrected chi connectivity index (χ3v) is 3.59. The topological polar surface area (TPSA) is 66.8 Å². The predicted molar refractivity (Wildman–Crippen MR) is 64.8 cm³/mol. The molecule has 2 N–H and O–H groups in total. The molecule has 0 saturated carbocycles. The van der Waals surface area contributed by atoms with Crippen molar-refractivity contribution in [2.45, 2.75) is 58.2 Å². The summed E-state index contributed by atoms with van der Waals surface area (Å²) in [6.07, 6.45) is 2.73. The zero-order valence-corrected chi connectivity index (χ0v) is 11.0. The lowest BCUT2D eigenvalue weighted by atomic mass is 9.73. The Bertz CT molecular complexity index is 262. The Morgan fingerprint density at radius 1 is 1.53 bits per heavy atom. The van der Waals surface area contributed by atoms with Crippen LogP contribution in [-0.2, 0) is 9.53 Å². The van der Waals surface area contributed by atoms with Crippen LogP contribution in [0.2, 0.25) is 0 Å². The molecule has 17 heavy (non-hydrogen) atoms. The van der Waals surface area contributed by atoms with Crippen LogP contribution in [0.15, 0.2) is 0 Å². The van der Waals surface area contributed by atoms with Gasteiger partial charge in [0, 0.05) is 19.4 Å². The van der Waals surface area contributed by atoms with Gasteiger partial charge in [-0.1, -0.05) is 27.2 Å². The van der Waals surface area contributed by atoms with Gasteiger partial charge in [0.05, 0.1) is 17.6 Å². The molecule has 4 nitrogen and oxygen atoms in total. The molecule has 0 amide bonds. The number of hydrogen-bond donors (Lipinski definition) is 2. The van der Waals surface area contributed by atoms with E-state index in [2.05, 4.69) is 6.92 Å². The fraction of sp³-hybridized carbons (Fsp3) is 0.923. The fourth-order valence-electron chi connectivity index (χ4n) is 2.88. The molecule has 1 rings (SSSR count). The lowest BCUT2D eigenvalue weighted by Gasteiger charge is -2.42. The number of carboxylic acid groups (broad SMARTS) is 1. The minimum absolute atomic E-state index is 0.000602. The first-order valence-corrected chi connectivity index (χ1v) is 6.47. The van der Waals surface area contributed by atoms with Gasteiger partial charge in [0.15, 0.2) is 0 Å². The van der Waals surface area contributed by atoms with E-state index in [4.69, 9.17) is 4.74 Å². The average molecular weight is 244 g/mol. The number of rotatable bonds is 5. The fourth-order valence-corrected chi connectivity index (χ4v) is 2.88. The van der Waals surface area contributed by atoms with Crippen LogP contribution < -0.4 is 0 Å². The summed E-state index contributed by atoms with van der Waals surface area (Å²) < 4.78 is 5.57. The second-order valence-corrected chi connectivity index (χ2v) is 5.40. The Labute approximate surface area is 103 Å². The molecule has 4 heteroatoms. The Kier molecular flexibility index (Phi) is 4.95. The highest BCUT2D eigenvalue weighted by Gasteiger charge is 2.46. The lowest BCUT2D eigenvalue weighted by molar-refractivity contribution is -0.173. The van der Waals surface area contributed by atoms with E-state index in [1.165, 1.54) is 0 Å². The van der Waals surface area contributed by atoms with Gasteiger partial charge in [0.25, 0.3) is 0 Å². The molecule has 0 spiro atoms. The number of aliphatic carboxylic acids is 1. The third kappa shape index (κ3) is 3.42. The summed E-state index contributed by atoms with van der Waals surface area (Å²) in [6.45, 7) is 6.22. The Morgan fingerprint density at radius 3 is 2.65 bits per heavy atom. The minimum atomic E-state index is -1.11. The van der Waals surface area contributed by atoms with Crippen molar-refractivity contribution in [3.8, 4) is 0 Å². The Morgan fingerprint density at radius 2 is 2.18 bits per heavy atom. The van der Waals surface area contributed by atoms with Gasteiger partial charge >= 0.3 is 5.97 Å². The van der Waals surface area contributed by atoms with E-state index >= 15 is 0 Å². The first kappa shape index (κ1) is 14.5. The third-order valence-electron chi connectivity index (χ3n) is 3.59. The van der Waals surface area contributed by atoms with Crippen LogP contribution in [-0.4, -0.2) is 34.5 Å². The summed E-state index contributed by atoms with van der Waals surface area (Å²) in [4.78, 5) is 11.3. The average Bonchev–Trinajstić information content (AvgIpc) is 2.15. The molecule has 0 aromatic carbocycles. The Balaban J connectivity index is 2.80. The quantitative estimate of drug-likeness (QED) is 0.776. The molecular weight excluding hydrogens is 220 g/mol. The van der Waals surface area contributed by atoms with Crippen molar-refractivity contribution in [1.82, 2.24) is 0 Å². The number of hydrogen-bond acceptors (Lipinski definition) is 3. The van der Waals surface area contributed by atoms with Crippen LogP contribution in [0.5, 0.6) is 0 Å². The molecule has 1 aliphatic heterocycles. The number of aliphatic hydroxyl groups is 1. The van der Waals surface area contributed by atoms with Crippen LogP contribution in [0, 0.1) is 11.8 Å². The van der Waals surface area contributed by atoms with Gasteiger partial charge in [-0.3, -0.25) is 4.79 Å². The summed E-state index contributed by atoms with van der Waals surface area (Å²) in [6, 6.07) is 0. The summed E-state index contributed by atoms with van der Waals surface area (Å²) in [7, 11) is 0. The predicted octanol–water partition coefficient (Wildman–Crippen LogP) is 2.05. The largest absolute Gasteiger partial charge is 0.481 e. The summed E-state index contributed by atoms with van der Waals surface area (Å²) in [5.74, 6) is -1.68. The Hall–Kier alpha value is -0.610. The monoisotopic (exact) mass is 244 g/mol. The standard InChI is InChI=1S/C13H24O4/c1-4-5-10-8-13(16,6-7-17-10)11(9(2)3)12(14)15/h9-11,16H,4-8H2,1-3H3,(H,14,15). The van der Waals surface area contributed by atoms with Gasteiger partial charge in [0.1, 0.15) is 0 Å².